The van der Waals surface area contributed by atoms with Crippen LogP contribution in [0, 0.1) is 0 Å². The number of nitrogens with zero attached hydrogens (tertiary/aromatic N) is 1. The van der Waals surface area contributed by atoms with E-state index in [0.29, 0.717) is 0 Å². The third-order valence-electron chi connectivity index (χ3n) is 2.20. The number of hydrogen-bond donors (Lipinski definition) is 0. The summed E-state index contributed by atoms with van der Waals surface area (Å²) in [5.74, 6) is 0. The molecular formula is C11H14ClNO5S. The van der Waals surface area contributed by atoms with Crippen LogP contribution in [0.2, 0.25) is 0 Å². The molecule has 1 aromatic carbocycles. The number of carbonyl (C=O) groups is 1. The summed E-state index contributed by atoms with van der Waals surface area (Å²) in [4.78, 5) is 11.2. The molecule has 0 radical (unpaired) electrons. The molecule has 106 valence electrons. The maximum Gasteiger partial charge on any atom is 0.508 e. The van der Waals surface area contributed by atoms with Crippen molar-refractivity contribution in [3.05, 3.63) is 35.9 Å². The van der Waals surface area contributed by atoms with Crippen molar-refractivity contribution < 1.29 is 22.7 Å². The number of rotatable bonds is 6. The van der Waals surface area contributed by atoms with Gasteiger partial charge in [-0.25, -0.2) is 4.79 Å². The van der Waals surface area contributed by atoms with E-state index in [1.54, 1.807) is 12.1 Å². The fraction of sp³-hybridized carbons (Fsp3) is 0.364. The number of benzene rings is 1. The quantitative estimate of drug-likeness (QED) is 0.591. The average Bonchev–Trinajstić information content (AvgIpc) is 2.36. The minimum Gasteiger partial charge on any atom is -0.433 e. The van der Waals surface area contributed by atoms with E-state index in [1.165, 1.54) is 7.05 Å². The zero-order chi connectivity index (χ0) is 14.3. The molecule has 0 bridgehead atoms. The van der Waals surface area contributed by atoms with Gasteiger partial charge in [-0.3, -0.25) is 0 Å². The van der Waals surface area contributed by atoms with Crippen molar-refractivity contribution in [1.82, 2.24) is 4.31 Å². The Labute approximate surface area is 116 Å². The predicted octanol–water partition coefficient (Wildman–Crippen LogP) is 1.76. The molecular weight excluding hydrogens is 294 g/mol. The number of halogens is 1. The Morgan fingerprint density at radius 3 is 2.47 bits per heavy atom. The molecule has 8 heteroatoms. The molecule has 0 saturated carbocycles. The summed E-state index contributed by atoms with van der Waals surface area (Å²) in [7, 11) is 2.56. The maximum absolute atomic E-state index is 11.2. The van der Waals surface area contributed by atoms with E-state index in [4.69, 9.17) is 20.2 Å². The predicted molar refractivity (Wildman–Crippen MR) is 70.0 cm³/mol. The van der Waals surface area contributed by atoms with Crippen LogP contribution in [0.25, 0.3) is 0 Å². The first kappa shape index (κ1) is 15.7. The van der Waals surface area contributed by atoms with Gasteiger partial charge in [0.05, 0.1) is 0 Å². The summed E-state index contributed by atoms with van der Waals surface area (Å²) in [6.07, 6.45) is -0.857. The molecule has 0 aliphatic carbocycles. The van der Waals surface area contributed by atoms with Gasteiger partial charge < -0.3 is 9.47 Å². The second kappa shape index (κ2) is 7.32. The first-order valence-corrected chi connectivity index (χ1v) is 7.65. The van der Waals surface area contributed by atoms with Crippen LogP contribution in [-0.2, 0) is 25.3 Å². The molecule has 0 aliphatic heterocycles. The second-order valence-corrected chi connectivity index (χ2v) is 6.25. The lowest BCUT2D eigenvalue weighted by Crippen LogP contribution is -2.27. The summed E-state index contributed by atoms with van der Waals surface area (Å²) in [6, 6.07) is 9.11. The SMILES string of the molecule is CN(CCOC(=O)OCc1ccccc1)S(=O)(=O)Cl. The Hall–Kier alpha value is -1.31. The summed E-state index contributed by atoms with van der Waals surface area (Å²) >= 11 is 0. The van der Waals surface area contributed by atoms with Gasteiger partial charge >= 0.3 is 6.16 Å². The van der Waals surface area contributed by atoms with Gasteiger partial charge in [0.15, 0.2) is 0 Å². The van der Waals surface area contributed by atoms with Gasteiger partial charge in [-0.1, -0.05) is 30.3 Å². The average molecular weight is 308 g/mol. The molecule has 1 aromatic rings. The standard InChI is InChI=1S/C11H14ClNO5S/c1-13(19(12,15)16)7-8-17-11(14)18-9-10-5-3-2-4-6-10/h2-6H,7-9H2,1H3. The topological polar surface area (TPSA) is 72.9 Å². The highest BCUT2D eigenvalue weighted by Gasteiger charge is 2.14. The highest BCUT2D eigenvalue weighted by Crippen LogP contribution is 2.03. The summed E-state index contributed by atoms with van der Waals surface area (Å²) in [5.41, 5.74) is 0.833. The van der Waals surface area contributed by atoms with Crippen LogP contribution in [0.1, 0.15) is 5.56 Å². The Bertz CT molecular complexity index is 505. The van der Waals surface area contributed by atoms with Crippen LogP contribution in [-0.4, -0.2) is 39.1 Å². The molecule has 0 atom stereocenters. The van der Waals surface area contributed by atoms with E-state index in [1.807, 2.05) is 18.2 Å². The van der Waals surface area contributed by atoms with E-state index in [-0.39, 0.29) is 19.8 Å². The second-order valence-electron chi connectivity index (χ2n) is 3.64. The van der Waals surface area contributed by atoms with E-state index in [9.17, 15) is 13.2 Å². The summed E-state index contributed by atoms with van der Waals surface area (Å²) in [6.45, 7) is -0.0638. The third-order valence-corrected chi connectivity index (χ3v) is 3.83. The van der Waals surface area contributed by atoms with Gasteiger partial charge in [-0.05, 0) is 5.56 Å². The van der Waals surface area contributed by atoms with Crippen molar-refractivity contribution in [2.75, 3.05) is 20.2 Å². The van der Waals surface area contributed by atoms with Crippen LogP contribution >= 0.6 is 10.7 Å². The third kappa shape index (κ3) is 6.42. The van der Waals surface area contributed by atoms with Crippen molar-refractivity contribution in [3.8, 4) is 0 Å². The highest BCUT2D eigenvalue weighted by molar-refractivity contribution is 8.11. The largest absolute Gasteiger partial charge is 0.508 e. The summed E-state index contributed by atoms with van der Waals surface area (Å²) < 4.78 is 32.1. The van der Waals surface area contributed by atoms with Crippen LogP contribution in [0.5, 0.6) is 0 Å². The van der Waals surface area contributed by atoms with E-state index in [2.05, 4.69) is 0 Å². The van der Waals surface area contributed by atoms with Crippen molar-refractivity contribution >= 4 is 26.1 Å². The molecule has 0 aromatic heterocycles. The lowest BCUT2D eigenvalue weighted by atomic mass is 10.2. The normalized spacial score (nSPS) is 11.3. The molecule has 19 heavy (non-hydrogen) atoms. The number of carbonyl (C=O) groups excluding carboxylic acids is 1. The summed E-state index contributed by atoms with van der Waals surface area (Å²) in [5, 5.41) is 0. The van der Waals surface area contributed by atoms with Crippen LogP contribution < -0.4 is 0 Å². The van der Waals surface area contributed by atoms with Crippen molar-refractivity contribution in [3.63, 3.8) is 0 Å². The van der Waals surface area contributed by atoms with E-state index >= 15 is 0 Å². The maximum atomic E-state index is 11.2. The molecule has 6 nitrogen and oxygen atoms in total. The van der Waals surface area contributed by atoms with E-state index in [0.717, 1.165) is 9.87 Å². The smallest absolute Gasteiger partial charge is 0.433 e. The number of likely N-dealkylation sites (N-methyl/N-ethyl adjacent to an activating group) is 1. The van der Waals surface area contributed by atoms with Crippen LogP contribution in [0.3, 0.4) is 0 Å². The van der Waals surface area contributed by atoms with E-state index < -0.39 is 15.4 Å². The Morgan fingerprint density at radius 1 is 1.26 bits per heavy atom. The van der Waals surface area contributed by atoms with Crippen molar-refractivity contribution in [2.45, 2.75) is 6.61 Å². The Kier molecular flexibility index (Phi) is 6.07. The van der Waals surface area contributed by atoms with Crippen molar-refractivity contribution in [1.29, 1.82) is 0 Å². The first-order chi connectivity index (χ1) is 8.89. The molecule has 0 aliphatic rings. The minimum absolute atomic E-state index is 0.0354. The lowest BCUT2D eigenvalue weighted by Gasteiger charge is -2.12. The van der Waals surface area contributed by atoms with Gasteiger partial charge in [-0.2, -0.15) is 12.7 Å². The van der Waals surface area contributed by atoms with Gasteiger partial charge in [0.2, 0.25) is 0 Å². The molecule has 1 rings (SSSR count). The van der Waals surface area contributed by atoms with Gasteiger partial charge in [0.1, 0.15) is 13.2 Å². The lowest BCUT2D eigenvalue weighted by molar-refractivity contribution is 0.0482. The van der Waals surface area contributed by atoms with Gasteiger partial charge in [0.25, 0.3) is 9.24 Å². The molecule has 0 N–H and O–H groups in total. The Balaban J connectivity index is 2.22. The molecule has 0 spiro atoms. The minimum atomic E-state index is -3.78. The van der Waals surface area contributed by atoms with Crippen LogP contribution in [0.4, 0.5) is 4.79 Å². The zero-order valence-electron chi connectivity index (χ0n) is 10.3. The fourth-order valence-electron chi connectivity index (χ4n) is 1.12. The first-order valence-electron chi connectivity index (χ1n) is 5.39. The fourth-order valence-corrected chi connectivity index (χ4v) is 1.62. The molecule has 0 saturated heterocycles. The zero-order valence-corrected chi connectivity index (χ0v) is 11.9. The number of ether oxygens (including phenoxy) is 2. The Morgan fingerprint density at radius 2 is 1.89 bits per heavy atom. The highest BCUT2D eigenvalue weighted by atomic mass is 35.7. The monoisotopic (exact) mass is 307 g/mol. The molecule has 0 amide bonds. The molecule has 0 heterocycles. The number of hydrogen-bond acceptors (Lipinski definition) is 5. The van der Waals surface area contributed by atoms with Crippen LogP contribution in [0.15, 0.2) is 30.3 Å². The molecule has 0 fully saturated rings. The van der Waals surface area contributed by atoms with Gasteiger partial charge in [0, 0.05) is 24.3 Å². The van der Waals surface area contributed by atoms with Crippen molar-refractivity contribution in [2.24, 2.45) is 0 Å². The molecule has 0 unspecified atom stereocenters. The van der Waals surface area contributed by atoms with Gasteiger partial charge in [-0.15, -0.1) is 0 Å².